The van der Waals surface area contributed by atoms with Crippen LogP contribution in [0.1, 0.15) is 6.92 Å². The second-order valence-corrected chi connectivity index (χ2v) is 24.9. The van der Waals surface area contributed by atoms with Gasteiger partial charge in [-0.15, -0.1) is 0 Å². The number of benzene rings is 4. The molecule has 0 spiro atoms. The Bertz CT molecular complexity index is 808. The zero-order valence-corrected chi connectivity index (χ0v) is 21.1. The van der Waals surface area contributed by atoms with Gasteiger partial charge in [0, 0.05) is 0 Å². The van der Waals surface area contributed by atoms with E-state index in [-0.39, 0.29) is 0 Å². The molecule has 2 heteroatoms. The topological polar surface area (TPSA) is 0 Å². The van der Waals surface area contributed by atoms with Crippen molar-refractivity contribution in [3.05, 3.63) is 121 Å². The van der Waals surface area contributed by atoms with Gasteiger partial charge in [-0.1, -0.05) is 0 Å². The van der Waals surface area contributed by atoms with Gasteiger partial charge in [0.25, 0.3) is 0 Å². The van der Waals surface area contributed by atoms with Crippen LogP contribution in [0.2, 0.25) is 1.81 Å². The van der Waals surface area contributed by atoms with Gasteiger partial charge in [-0.2, -0.15) is 0 Å². The van der Waals surface area contributed by atoms with E-state index in [1.54, 1.807) is 14.0 Å². The van der Waals surface area contributed by atoms with E-state index in [4.69, 9.17) is 0 Å². The summed E-state index contributed by atoms with van der Waals surface area (Å²) >= 11 is -3.85. The fourth-order valence-electron chi connectivity index (χ4n) is 3.63. The second kappa shape index (κ2) is 9.82. The van der Waals surface area contributed by atoms with E-state index in [1.165, 1.54) is 0 Å². The van der Waals surface area contributed by atoms with Crippen LogP contribution >= 0.6 is 0 Å². The first kappa shape index (κ1) is 19.8. The zero-order valence-electron chi connectivity index (χ0n) is 16.0. The Hall–Kier alpha value is -1.48. The predicted octanol–water partition coefficient (Wildman–Crippen LogP) is 3.53. The Kier molecular flexibility index (Phi) is 6.95. The second-order valence-electron chi connectivity index (χ2n) is 6.71. The fraction of sp³-hybridized carbons (Fsp3) is 0.0769. The van der Waals surface area contributed by atoms with Gasteiger partial charge in [-0.05, 0) is 0 Å². The molecule has 0 saturated heterocycles. The third-order valence-corrected chi connectivity index (χ3v) is 27.7. The van der Waals surface area contributed by atoms with Crippen molar-refractivity contribution in [3.63, 3.8) is 0 Å². The van der Waals surface area contributed by atoms with Crippen molar-refractivity contribution in [2.75, 3.05) is 0 Å². The first-order valence-corrected chi connectivity index (χ1v) is 17.7. The molecule has 4 aromatic carbocycles. The summed E-state index contributed by atoms with van der Waals surface area (Å²) in [5.74, 6) is 0. The van der Waals surface area contributed by atoms with Gasteiger partial charge in [0.05, 0.1) is 0 Å². The van der Waals surface area contributed by atoms with Crippen LogP contribution in [0.4, 0.5) is 0 Å². The van der Waals surface area contributed by atoms with Gasteiger partial charge in [0.15, 0.2) is 0 Å². The molecule has 0 heterocycles. The van der Waals surface area contributed by atoms with Gasteiger partial charge in [-0.25, -0.2) is 0 Å². The van der Waals surface area contributed by atoms with Crippen LogP contribution in [0.5, 0.6) is 0 Å². The molecule has 0 aliphatic carbocycles. The summed E-state index contributed by atoms with van der Waals surface area (Å²) in [6, 6.07) is 45.3. The van der Waals surface area contributed by atoms with Gasteiger partial charge in [-0.3, -0.25) is 0 Å². The van der Waals surface area contributed by atoms with Crippen LogP contribution in [-0.2, 0) is 0 Å². The molecule has 28 heavy (non-hydrogen) atoms. The maximum absolute atomic E-state index is 2.56. The molecule has 0 bridgehead atoms. The molecule has 4 rings (SSSR count). The standard InChI is InChI=1S/4C6H5.C2H4.2Sb/c4*1-2-4-6-5-3-1;1-2;;/h4*1-5H;1H,2H3;;. The fourth-order valence-corrected chi connectivity index (χ4v) is 31.2. The van der Waals surface area contributed by atoms with Crippen molar-refractivity contribution in [3.8, 4) is 0 Å². The summed E-state index contributed by atoms with van der Waals surface area (Å²) in [7, 11) is 0. The zero-order chi connectivity index (χ0) is 19.2. The van der Waals surface area contributed by atoms with E-state index in [1.807, 2.05) is 0 Å². The summed E-state index contributed by atoms with van der Waals surface area (Å²) in [5.41, 5.74) is 0. The van der Waals surface area contributed by atoms with Crippen LogP contribution in [0.3, 0.4) is 0 Å². The minimum atomic E-state index is -1.93. The van der Waals surface area contributed by atoms with E-state index < -0.39 is 40.4 Å². The van der Waals surface area contributed by atoms with E-state index in [0.717, 1.165) is 1.81 Å². The molecule has 0 atom stereocenters. The summed E-state index contributed by atoms with van der Waals surface area (Å²) < 4.78 is 7.17. The summed E-state index contributed by atoms with van der Waals surface area (Å²) in [6.07, 6.45) is 0. The quantitative estimate of drug-likeness (QED) is 0.307. The average molecular weight is 580 g/mol. The molecule has 0 aromatic heterocycles. The molecule has 0 unspecified atom stereocenters. The molecule has 0 N–H and O–H groups in total. The van der Waals surface area contributed by atoms with E-state index in [9.17, 15) is 0 Å². The number of hydrogen-bond donors (Lipinski definition) is 0. The van der Waals surface area contributed by atoms with Crippen molar-refractivity contribution in [1.29, 1.82) is 0 Å². The maximum atomic E-state index is 2.56. The van der Waals surface area contributed by atoms with Crippen LogP contribution in [0.15, 0.2) is 121 Å². The summed E-state index contributed by atoms with van der Waals surface area (Å²) in [6.45, 7) is 2.56. The predicted molar refractivity (Wildman–Crippen MR) is 125 cm³/mol. The van der Waals surface area contributed by atoms with Crippen LogP contribution in [0.25, 0.3) is 0 Å². The number of rotatable bonds is 6. The van der Waals surface area contributed by atoms with Gasteiger partial charge in [0.2, 0.25) is 0 Å². The monoisotopic (exact) mass is 578 g/mol. The summed E-state index contributed by atoms with van der Waals surface area (Å²) in [4.78, 5) is 0. The molecular weight excluding hydrogens is 556 g/mol. The first-order valence-electron chi connectivity index (χ1n) is 9.63. The molecule has 0 amide bonds. The molecule has 0 fully saturated rings. The van der Waals surface area contributed by atoms with Crippen LogP contribution < -0.4 is 14.0 Å². The van der Waals surface area contributed by atoms with Gasteiger partial charge < -0.3 is 0 Å². The van der Waals surface area contributed by atoms with Gasteiger partial charge in [0.1, 0.15) is 0 Å². The third kappa shape index (κ3) is 4.56. The molecule has 0 aliphatic heterocycles. The van der Waals surface area contributed by atoms with Crippen molar-refractivity contribution >= 4 is 54.5 Å². The average Bonchev–Trinajstić information content (AvgIpc) is 2.77. The molecule has 4 aromatic rings. The third-order valence-electron chi connectivity index (χ3n) is 4.88. The SMILES string of the molecule is C[CH]([Sb]([c]1ccccc1)[c]1ccccc1)[Sb]([c]1ccccc1)[c]1ccccc1. The number of hydrogen-bond acceptors (Lipinski definition) is 0. The van der Waals surface area contributed by atoms with Gasteiger partial charge >= 0.3 is 185 Å². The Morgan fingerprint density at radius 1 is 0.393 bits per heavy atom. The minimum absolute atomic E-state index is 0.764. The summed E-state index contributed by atoms with van der Waals surface area (Å²) in [5, 5.41) is 0. The Morgan fingerprint density at radius 2 is 0.607 bits per heavy atom. The Labute approximate surface area is 183 Å². The normalized spacial score (nSPS) is 11.3. The van der Waals surface area contributed by atoms with Crippen molar-refractivity contribution < 1.29 is 0 Å². The molecule has 138 valence electrons. The van der Waals surface area contributed by atoms with Crippen LogP contribution in [-0.4, -0.2) is 40.4 Å². The molecule has 0 nitrogen and oxygen atoms in total. The molecule has 0 saturated carbocycles. The first-order chi connectivity index (χ1) is 13.8. The Balaban J connectivity index is 1.84. The Morgan fingerprint density at radius 3 is 0.821 bits per heavy atom. The van der Waals surface area contributed by atoms with Crippen molar-refractivity contribution in [1.82, 2.24) is 0 Å². The van der Waals surface area contributed by atoms with E-state index in [0.29, 0.717) is 0 Å². The van der Waals surface area contributed by atoms with E-state index >= 15 is 0 Å². The van der Waals surface area contributed by atoms with E-state index in [2.05, 4.69) is 128 Å². The van der Waals surface area contributed by atoms with Crippen molar-refractivity contribution in [2.45, 2.75) is 8.73 Å². The molecule has 0 aliphatic rings. The van der Waals surface area contributed by atoms with Crippen LogP contribution in [0, 0.1) is 0 Å². The van der Waals surface area contributed by atoms with Crippen molar-refractivity contribution in [2.24, 2.45) is 0 Å². The molecular formula is C26H24Sb2. The molecule has 0 radical (unpaired) electrons.